The van der Waals surface area contributed by atoms with E-state index in [-0.39, 0.29) is 23.4 Å². The smallest absolute Gasteiger partial charge is 0.264 e. The van der Waals surface area contributed by atoms with Crippen LogP contribution < -0.4 is 9.62 Å². The average molecular weight is 619 g/mol. The minimum atomic E-state index is -4.18. The molecule has 0 heterocycles. The first-order chi connectivity index (χ1) is 19.4. The highest BCUT2D eigenvalue weighted by molar-refractivity contribution is 7.92. The van der Waals surface area contributed by atoms with Crippen molar-refractivity contribution in [2.24, 2.45) is 0 Å². The van der Waals surface area contributed by atoms with E-state index in [9.17, 15) is 18.0 Å². The molecule has 0 aliphatic heterocycles. The summed E-state index contributed by atoms with van der Waals surface area (Å²) in [6, 6.07) is 17.4. The molecule has 3 aromatic rings. The van der Waals surface area contributed by atoms with Crippen LogP contribution >= 0.6 is 23.2 Å². The summed E-state index contributed by atoms with van der Waals surface area (Å²) in [4.78, 5) is 29.0. The predicted octanol–water partition coefficient (Wildman–Crippen LogP) is 6.53. The lowest BCUT2D eigenvalue weighted by atomic mass is 10.1. The van der Waals surface area contributed by atoms with E-state index >= 15 is 0 Å². The van der Waals surface area contributed by atoms with Crippen LogP contribution in [0, 0.1) is 13.8 Å². The minimum absolute atomic E-state index is 0.0307. The number of rotatable bonds is 12. The zero-order valence-corrected chi connectivity index (χ0v) is 26.4. The summed E-state index contributed by atoms with van der Waals surface area (Å²) >= 11 is 12.6. The molecule has 7 nitrogen and oxygen atoms in total. The number of benzene rings is 3. The second-order valence-corrected chi connectivity index (χ2v) is 12.8. The highest BCUT2D eigenvalue weighted by atomic mass is 35.5. The molecule has 0 aliphatic carbocycles. The number of hydrogen-bond donors (Lipinski definition) is 1. The van der Waals surface area contributed by atoms with E-state index in [4.69, 9.17) is 23.2 Å². The molecule has 2 amide bonds. The molecule has 41 heavy (non-hydrogen) atoms. The Morgan fingerprint density at radius 1 is 0.927 bits per heavy atom. The highest BCUT2D eigenvalue weighted by Crippen LogP contribution is 2.30. The van der Waals surface area contributed by atoms with Crippen LogP contribution in [0.1, 0.15) is 50.3 Å². The lowest BCUT2D eigenvalue weighted by molar-refractivity contribution is -0.140. The van der Waals surface area contributed by atoms with E-state index < -0.39 is 28.5 Å². The van der Waals surface area contributed by atoms with E-state index in [2.05, 4.69) is 5.32 Å². The van der Waals surface area contributed by atoms with Crippen molar-refractivity contribution >= 4 is 50.7 Å². The molecular formula is C31H37Cl2N3O4S. The molecule has 0 bridgehead atoms. The standard InChI is InChI=1S/C31H37Cl2N3O4S/c1-6-23(5)34-31(38)28(7-2)35(19-24-10-8-9-11-27(24)33)30(37)20-36(29-17-14-25(32)18-22(29)4)41(39,40)26-15-12-21(3)13-16-26/h8-18,23,28H,6-7,19-20H2,1-5H3,(H,34,38)/t23-,28+/m0/s1. The molecule has 0 aromatic heterocycles. The first-order valence-electron chi connectivity index (χ1n) is 13.6. The van der Waals surface area contributed by atoms with E-state index in [0.717, 1.165) is 16.3 Å². The maximum atomic E-state index is 14.2. The molecule has 220 valence electrons. The Kier molecular flexibility index (Phi) is 11.2. The van der Waals surface area contributed by atoms with Crippen molar-refractivity contribution in [3.63, 3.8) is 0 Å². The Labute approximate surface area is 253 Å². The lowest BCUT2D eigenvalue weighted by Gasteiger charge is -2.34. The Balaban J connectivity index is 2.10. The number of carbonyl (C=O) groups is 2. The molecule has 1 N–H and O–H groups in total. The van der Waals surface area contributed by atoms with Crippen LogP contribution in [0.3, 0.4) is 0 Å². The van der Waals surface area contributed by atoms with E-state index in [0.29, 0.717) is 33.3 Å². The maximum absolute atomic E-state index is 14.2. The van der Waals surface area contributed by atoms with Gasteiger partial charge in [0.2, 0.25) is 11.8 Å². The molecule has 0 fully saturated rings. The van der Waals surface area contributed by atoms with Crippen LogP contribution in [0.5, 0.6) is 0 Å². The van der Waals surface area contributed by atoms with E-state index in [1.807, 2.05) is 27.7 Å². The van der Waals surface area contributed by atoms with Crippen LogP contribution in [0.15, 0.2) is 71.6 Å². The first-order valence-corrected chi connectivity index (χ1v) is 15.8. The number of hydrogen-bond acceptors (Lipinski definition) is 4. The van der Waals surface area contributed by atoms with Crippen LogP contribution in [-0.4, -0.2) is 43.8 Å². The van der Waals surface area contributed by atoms with Gasteiger partial charge in [-0.05, 0) is 81.1 Å². The number of halogens is 2. The van der Waals surface area contributed by atoms with Gasteiger partial charge in [0, 0.05) is 22.6 Å². The van der Waals surface area contributed by atoms with Gasteiger partial charge in [0.1, 0.15) is 12.6 Å². The van der Waals surface area contributed by atoms with Gasteiger partial charge in [0.05, 0.1) is 10.6 Å². The molecule has 0 aliphatic rings. The van der Waals surface area contributed by atoms with Crippen LogP contribution in [0.25, 0.3) is 0 Å². The molecule has 0 saturated carbocycles. The van der Waals surface area contributed by atoms with Gasteiger partial charge in [0.15, 0.2) is 0 Å². The third kappa shape index (κ3) is 8.03. The summed E-state index contributed by atoms with van der Waals surface area (Å²) in [5.74, 6) is -0.848. The highest BCUT2D eigenvalue weighted by Gasteiger charge is 2.34. The van der Waals surface area contributed by atoms with Crippen molar-refractivity contribution < 1.29 is 18.0 Å². The summed E-state index contributed by atoms with van der Waals surface area (Å²) in [7, 11) is -4.18. The van der Waals surface area contributed by atoms with Gasteiger partial charge in [-0.15, -0.1) is 0 Å². The van der Waals surface area contributed by atoms with Crippen molar-refractivity contribution in [1.29, 1.82) is 0 Å². The number of anilines is 1. The summed E-state index contributed by atoms with van der Waals surface area (Å²) in [6.07, 6.45) is 1.04. The van der Waals surface area contributed by atoms with E-state index in [1.165, 1.54) is 17.0 Å². The molecule has 0 radical (unpaired) electrons. The molecule has 3 aromatic carbocycles. The van der Waals surface area contributed by atoms with Crippen LogP contribution in [-0.2, 0) is 26.2 Å². The largest absolute Gasteiger partial charge is 0.352 e. The first kappa shape index (κ1) is 32.4. The third-order valence-electron chi connectivity index (χ3n) is 7.00. The SMILES string of the molecule is CC[C@H](C(=O)N[C@@H](C)CC)N(Cc1ccccc1Cl)C(=O)CN(c1ccc(Cl)cc1C)S(=O)(=O)c1ccc(C)cc1. The minimum Gasteiger partial charge on any atom is -0.352 e. The molecule has 0 spiro atoms. The summed E-state index contributed by atoms with van der Waals surface area (Å²) in [5, 5.41) is 3.85. The van der Waals surface area contributed by atoms with Crippen LogP contribution in [0.2, 0.25) is 10.0 Å². The van der Waals surface area contributed by atoms with E-state index in [1.54, 1.807) is 61.5 Å². The maximum Gasteiger partial charge on any atom is 0.264 e. The Hall–Kier alpha value is -3.07. The summed E-state index contributed by atoms with van der Waals surface area (Å²) < 4.78 is 29.2. The fraction of sp³-hybridized carbons (Fsp3) is 0.355. The number of nitrogens with zero attached hydrogens (tertiary/aromatic N) is 2. The normalized spacial score (nSPS) is 12.9. The zero-order chi connectivity index (χ0) is 30.3. The van der Waals surface area contributed by atoms with Gasteiger partial charge in [0.25, 0.3) is 10.0 Å². The Bertz CT molecular complexity index is 1480. The fourth-order valence-corrected chi connectivity index (χ4v) is 6.32. The van der Waals surface area contributed by atoms with Gasteiger partial charge in [-0.1, -0.05) is 72.9 Å². The molecule has 0 saturated heterocycles. The Morgan fingerprint density at radius 3 is 2.17 bits per heavy atom. The summed E-state index contributed by atoms with van der Waals surface area (Å²) in [5.41, 5.74) is 2.45. The quantitative estimate of drug-likeness (QED) is 0.250. The van der Waals surface area contributed by atoms with Gasteiger partial charge < -0.3 is 10.2 Å². The molecule has 10 heteroatoms. The molecule has 0 unspecified atom stereocenters. The van der Waals surface area contributed by atoms with Crippen molar-refractivity contribution in [3.8, 4) is 0 Å². The van der Waals surface area contributed by atoms with Gasteiger partial charge in [-0.25, -0.2) is 8.42 Å². The number of carbonyl (C=O) groups excluding carboxylic acids is 2. The van der Waals surface area contributed by atoms with Crippen molar-refractivity contribution in [2.75, 3.05) is 10.8 Å². The van der Waals surface area contributed by atoms with Gasteiger partial charge in [-0.2, -0.15) is 0 Å². The van der Waals surface area contributed by atoms with Crippen LogP contribution in [0.4, 0.5) is 5.69 Å². The second kappa shape index (κ2) is 14.2. The average Bonchev–Trinajstić information content (AvgIpc) is 2.93. The fourth-order valence-electron chi connectivity index (χ4n) is 4.42. The Morgan fingerprint density at radius 2 is 1.59 bits per heavy atom. The van der Waals surface area contributed by atoms with Gasteiger partial charge in [-0.3, -0.25) is 13.9 Å². The topological polar surface area (TPSA) is 86.8 Å². The van der Waals surface area contributed by atoms with Crippen molar-refractivity contribution in [2.45, 2.75) is 71.0 Å². The molecule has 3 rings (SSSR count). The zero-order valence-electron chi connectivity index (χ0n) is 24.0. The second-order valence-electron chi connectivity index (χ2n) is 10.1. The van der Waals surface area contributed by atoms with Crippen molar-refractivity contribution in [3.05, 3.63) is 93.5 Å². The number of nitrogens with one attached hydrogen (secondary N) is 1. The number of aryl methyl sites for hydroxylation is 2. The summed E-state index contributed by atoms with van der Waals surface area (Å²) in [6.45, 7) is 8.77. The monoisotopic (exact) mass is 617 g/mol. The number of amides is 2. The predicted molar refractivity (Wildman–Crippen MR) is 166 cm³/mol. The lowest BCUT2D eigenvalue weighted by Crippen LogP contribution is -2.53. The van der Waals surface area contributed by atoms with Gasteiger partial charge >= 0.3 is 0 Å². The number of sulfonamides is 1. The molecular weight excluding hydrogens is 581 g/mol. The molecule has 2 atom stereocenters. The van der Waals surface area contributed by atoms with Crippen molar-refractivity contribution in [1.82, 2.24) is 10.2 Å². The third-order valence-corrected chi connectivity index (χ3v) is 9.38.